The fourth-order valence-corrected chi connectivity index (χ4v) is 3.38. The zero-order valence-corrected chi connectivity index (χ0v) is 9.09. The average Bonchev–Trinajstić information content (AvgIpc) is 2.78. The van der Waals surface area contributed by atoms with Crippen LogP contribution in [0, 0.1) is 11.8 Å². The van der Waals surface area contributed by atoms with E-state index in [1.807, 2.05) is 0 Å². The number of nitrogens with one attached hydrogen (secondary N) is 1. The molecule has 1 N–H and O–H groups in total. The Labute approximate surface area is 88.9 Å². The van der Waals surface area contributed by atoms with Crippen molar-refractivity contribution in [3.05, 3.63) is 22.4 Å². The van der Waals surface area contributed by atoms with Crippen molar-refractivity contribution >= 4 is 11.3 Å². The third-order valence-corrected chi connectivity index (χ3v) is 4.18. The molecule has 2 aliphatic rings. The Kier molecular flexibility index (Phi) is 2.32. The molecule has 1 aromatic heterocycles. The van der Waals surface area contributed by atoms with Crippen molar-refractivity contribution in [2.75, 3.05) is 26.2 Å². The van der Waals surface area contributed by atoms with E-state index in [1.54, 1.807) is 11.3 Å². The standard InChI is InChI=1S/C11H16N2S/c1-2-14-8-9(1)5-13-6-10-3-12-4-11(10)7-13/h1-2,8,10-12H,3-7H2/t10-,11+. The third-order valence-electron chi connectivity index (χ3n) is 3.45. The van der Waals surface area contributed by atoms with E-state index in [0.717, 1.165) is 18.4 Å². The second kappa shape index (κ2) is 3.65. The Hall–Kier alpha value is -0.380. The molecule has 0 radical (unpaired) electrons. The van der Waals surface area contributed by atoms with Crippen molar-refractivity contribution in [1.29, 1.82) is 0 Å². The Morgan fingerprint density at radius 2 is 2.14 bits per heavy atom. The molecular formula is C11H16N2S. The van der Waals surface area contributed by atoms with E-state index in [0.29, 0.717) is 0 Å². The van der Waals surface area contributed by atoms with Crippen LogP contribution in [0.2, 0.25) is 0 Å². The van der Waals surface area contributed by atoms with Gasteiger partial charge in [-0.05, 0) is 47.3 Å². The van der Waals surface area contributed by atoms with Crippen LogP contribution in [0.5, 0.6) is 0 Å². The van der Waals surface area contributed by atoms with Crippen molar-refractivity contribution in [2.45, 2.75) is 6.54 Å². The van der Waals surface area contributed by atoms with Crippen molar-refractivity contribution in [3.8, 4) is 0 Å². The van der Waals surface area contributed by atoms with E-state index < -0.39 is 0 Å². The number of fused-ring (bicyclic) bond motifs is 1. The molecule has 3 heteroatoms. The van der Waals surface area contributed by atoms with Gasteiger partial charge < -0.3 is 5.32 Å². The SMILES string of the molecule is c1cc(CN2C[C@H]3CNC[C@H]3C2)cs1. The van der Waals surface area contributed by atoms with Crippen LogP contribution < -0.4 is 5.32 Å². The van der Waals surface area contributed by atoms with Crippen molar-refractivity contribution in [1.82, 2.24) is 10.2 Å². The van der Waals surface area contributed by atoms with E-state index in [4.69, 9.17) is 0 Å². The first-order valence-electron chi connectivity index (χ1n) is 5.36. The molecule has 2 saturated heterocycles. The first-order chi connectivity index (χ1) is 6.92. The van der Waals surface area contributed by atoms with E-state index in [1.165, 1.54) is 31.7 Å². The summed E-state index contributed by atoms with van der Waals surface area (Å²) in [7, 11) is 0. The molecule has 2 nitrogen and oxygen atoms in total. The Bertz CT molecular complexity index is 284. The van der Waals surface area contributed by atoms with Crippen LogP contribution in [-0.2, 0) is 6.54 Å². The second-order valence-electron chi connectivity index (χ2n) is 4.50. The summed E-state index contributed by atoms with van der Waals surface area (Å²) in [5.74, 6) is 1.85. The second-order valence-corrected chi connectivity index (χ2v) is 5.28. The van der Waals surface area contributed by atoms with Gasteiger partial charge in [0, 0.05) is 19.6 Å². The largest absolute Gasteiger partial charge is 0.316 e. The predicted molar refractivity (Wildman–Crippen MR) is 59.4 cm³/mol. The van der Waals surface area contributed by atoms with Gasteiger partial charge in [-0.15, -0.1) is 0 Å². The summed E-state index contributed by atoms with van der Waals surface area (Å²) in [6.45, 7) is 6.24. The Morgan fingerprint density at radius 1 is 1.36 bits per heavy atom. The molecule has 2 aliphatic heterocycles. The van der Waals surface area contributed by atoms with Gasteiger partial charge >= 0.3 is 0 Å². The minimum absolute atomic E-state index is 0.925. The molecule has 3 heterocycles. The van der Waals surface area contributed by atoms with E-state index in [2.05, 4.69) is 27.0 Å². The fraction of sp³-hybridized carbons (Fsp3) is 0.636. The molecule has 0 amide bonds. The predicted octanol–water partition coefficient (Wildman–Crippen LogP) is 1.40. The van der Waals surface area contributed by atoms with Crippen LogP contribution in [0.4, 0.5) is 0 Å². The first kappa shape index (κ1) is 8.89. The van der Waals surface area contributed by atoms with Crippen LogP contribution in [-0.4, -0.2) is 31.1 Å². The molecular weight excluding hydrogens is 192 g/mol. The van der Waals surface area contributed by atoms with Gasteiger partial charge in [0.15, 0.2) is 0 Å². The summed E-state index contributed by atoms with van der Waals surface area (Å²) in [4.78, 5) is 2.61. The maximum atomic E-state index is 3.48. The highest BCUT2D eigenvalue weighted by Gasteiger charge is 2.35. The van der Waals surface area contributed by atoms with Crippen molar-refractivity contribution < 1.29 is 0 Å². The van der Waals surface area contributed by atoms with Crippen LogP contribution >= 0.6 is 11.3 Å². The number of likely N-dealkylation sites (tertiary alicyclic amines) is 1. The molecule has 2 atom stereocenters. The van der Waals surface area contributed by atoms with Gasteiger partial charge in [0.25, 0.3) is 0 Å². The van der Waals surface area contributed by atoms with Crippen LogP contribution in [0.1, 0.15) is 5.56 Å². The monoisotopic (exact) mass is 208 g/mol. The lowest BCUT2D eigenvalue weighted by molar-refractivity contribution is 0.306. The van der Waals surface area contributed by atoms with Crippen LogP contribution in [0.3, 0.4) is 0 Å². The summed E-state index contributed by atoms with van der Waals surface area (Å²) in [6, 6.07) is 2.25. The molecule has 3 rings (SSSR count). The molecule has 0 unspecified atom stereocenters. The lowest BCUT2D eigenvalue weighted by atomic mass is 10.0. The molecule has 14 heavy (non-hydrogen) atoms. The van der Waals surface area contributed by atoms with Gasteiger partial charge in [-0.2, -0.15) is 11.3 Å². The summed E-state index contributed by atoms with van der Waals surface area (Å²) >= 11 is 1.81. The molecule has 76 valence electrons. The minimum atomic E-state index is 0.925. The van der Waals surface area contributed by atoms with Gasteiger partial charge in [0.05, 0.1) is 0 Å². The molecule has 2 fully saturated rings. The summed E-state index contributed by atoms with van der Waals surface area (Å²) in [5.41, 5.74) is 1.49. The van der Waals surface area contributed by atoms with E-state index in [-0.39, 0.29) is 0 Å². The maximum absolute atomic E-state index is 3.48. The Morgan fingerprint density at radius 3 is 2.79 bits per heavy atom. The van der Waals surface area contributed by atoms with Crippen LogP contribution in [0.25, 0.3) is 0 Å². The third kappa shape index (κ3) is 1.60. The highest BCUT2D eigenvalue weighted by Crippen LogP contribution is 2.27. The van der Waals surface area contributed by atoms with Gasteiger partial charge in [-0.25, -0.2) is 0 Å². The normalized spacial score (nSPS) is 32.3. The zero-order chi connectivity index (χ0) is 9.38. The highest BCUT2D eigenvalue weighted by atomic mass is 32.1. The lowest BCUT2D eigenvalue weighted by Crippen LogP contribution is -2.25. The number of nitrogens with zero attached hydrogens (tertiary/aromatic N) is 1. The van der Waals surface area contributed by atoms with Gasteiger partial charge in [0.2, 0.25) is 0 Å². The van der Waals surface area contributed by atoms with Crippen LogP contribution in [0.15, 0.2) is 16.8 Å². The number of thiophene rings is 1. The van der Waals surface area contributed by atoms with Gasteiger partial charge in [-0.3, -0.25) is 4.90 Å². The lowest BCUT2D eigenvalue weighted by Gasteiger charge is -2.15. The highest BCUT2D eigenvalue weighted by molar-refractivity contribution is 7.07. The van der Waals surface area contributed by atoms with E-state index in [9.17, 15) is 0 Å². The van der Waals surface area contributed by atoms with Gasteiger partial charge in [0.1, 0.15) is 0 Å². The quantitative estimate of drug-likeness (QED) is 0.790. The minimum Gasteiger partial charge on any atom is -0.316 e. The number of hydrogen-bond donors (Lipinski definition) is 1. The van der Waals surface area contributed by atoms with Crippen molar-refractivity contribution in [2.24, 2.45) is 11.8 Å². The average molecular weight is 208 g/mol. The first-order valence-corrected chi connectivity index (χ1v) is 6.30. The zero-order valence-electron chi connectivity index (χ0n) is 8.28. The Balaban J connectivity index is 1.61. The topological polar surface area (TPSA) is 15.3 Å². The van der Waals surface area contributed by atoms with Gasteiger partial charge in [-0.1, -0.05) is 0 Å². The van der Waals surface area contributed by atoms with Crippen molar-refractivity contribution in [3.63, 3.8) is 0 Å². The number of rotatable bonds is 2. The van der Waals surface area contributed by atoms with E-state index >= 15 is 0 Å². The fourth-order valence-electron chi connectivity index (χ4n) is 2.72. The molecule has 0 spiro atoms. The maximum Gasteiger partial charge on any atom is 0.0242 e. The molecule has 0 saturated carbocycles. The summed E-state index contributed by atoms with van der Waals surface area (Å²) in [6.07, 6.45) is 0. The summed E-state index contributed by atoms with van der Waals surface area (Å²) in [5, 5.41) is 7.92. The molecule has 0 aliphatic carbocycles. The molecule has 1 aromatic rings. The molecule has 0 bridgehead atoms. The molecule has 0 aromatic carbocycles. The summed E-state index contributed by atoms with van der Waals surface area (Å²) < 4.78 is 0. The smallest absolute Gasteiger partial charge is 0.0242 e. The number of hydrogen-bond acceptors (Lipinski definition) is 3.